The van der Waals surface area contributed by atoms with Gasteiger partial charge in [0, 0.05) is 15.7 Å². The summed E-state index contributed by atoms with van der Waals surface area (Å²) in [5, 5.41) is 21.4. The predicted octanol–water partition coefficient (Wildman–Crippen LogP) is 3.58. The van der Waals surface area contributed by atoms with Crippen LogP contribution in [0.25, 0.3) is 0 Å². The van der Waals surface area contributed by atoms with Gasteiger partial charge in [-0.1, -0.05) is 15.9 Å². The average Bonchev–Trinajstić information content (AvgIpc) is 2.60. The first-order chi connectivity index (χ1) is 11.5. The van der Waals surface area contributed by atoms with Gasteiger partial charge in [-0.2, -0.15) is 5.26 Å². The lowest BCUT2D eigenvalue weighted by Crippen LogP contribution is -2.21. The summed E-state index contributed by atoms with van der Waals surface area (Å²) in [6.07, 6.45) is 0. The van der Waals surface area contributed by atoms with Crippen molar-refractivity contribution in [2.45, 2.75) is 6.04 Å². The van der Waals surface area contributed by atoms with Crippen molar-refractivity contribution in [3.63, 3.8) is 0 Å². The fourth-order valence-electron chi connectivity index (χ4n) is 2.17. The molecule has 7 heteroatoms. The number of hydrogen-bond donors (Lipinski definition) is 2. The van der Waals surface area contributed by atoms with Gasteiger partial charge >= 0.3 is 5.97 Å². The first-order valence-corrected chi connectivity index (χ1v) is 7.70. The lowest BCUT2D eigenvalue weighted by molar-refractivity contribution is -0.138. The van der Waals surface area contributed by atoms with Crippen LogP contribution in [0.3, 0.4) is 0 Å². The number of aliphatic carboxylic acids is 1. The molecule has 6 nitrogen and oxygen atoms in total. The first-order valence-electron chi connectivity index (χ1n) is 6.91. The third kappa shape index (κ3) is 3.78. The third-order valence-corrected chi connectivity index (χ3v) is 4.07. The van der Waals surface area contributed by atoms with E-state index in [-0.39, 0.29) is 0 Å². The summed E-state index contributed by atoms with van der Waals surface area (Å²) in [5.74, 6) is -0.119. The van der Waals surface area contributed by atoms with Crippen LogP contribution in [-0.4, -0.2) is 25.3 Å². The van der Waals surface area contributed by atoms with Crippen molar-refractivity contribution < 1.29 is 19.4 Å². The maximum Gasteiger partial charge on any atom is 0.330 e. The summed E-state index contributed by atoms with van der Waals surface area (Å²) >= 11 is 3.37. The standard InChI is InChI=1S/C17H15BrN2O4/c1-23-14-7-12(13(18)8-15(14)24-2)16(17(21)22)20-11-5-3-10(9-19)4-6-11/h3-8,16,20H,1-2H3,(H,21,22). The molecule has 0 spiro atoms. The fourth-order valence-corrected chi connectivity index (χ4v) is 2.72. The monoisotopic (exact) mass is 390 g/mol. The van der Waals surface area contributed by atoms with Crippen molar-refractivity contribution in [2.75, 3.05) is 19.5 Å². The van der Waals surface area contributed by atoms with E-state index >= 15 is 0 Å². The van der Waals surface area contributed by atoms with E-state index in [0.29, 0.717) is 32.8 Å². The molecule has 0 saturated carbocycles. The summed E-state index contributed by atoms with van der Waals surface area (Å²) < 4.78 is 11.0. The minimum Gasteiger partial charge on any atom is -0.493 e. The van der Waals surface area contributed by atoms with Gasteiger partial charge in [0.2, 0.25) is 0 Å². The van der Waals surface area contributed by atoms with Gasteiger partial charge in [0.05, 0.1) is 25.9 Å². The number of methoxy groups -OCH3 is 2. The van der Waals surface area contributed by atoms with Gasteiger partial charge in [0.25, 0.3) is 0 Å². The Balaban J connectivity index is 2.40. The molecule has 1 atom stereocenters. The van der Waals surface area contributed by atoms with Gasteiger partial charge in [-0.05, 0) is 36.4 Å². The number of nitrogens with one attached hydrogen (secondary N) is 1. The molecule has 0 fully saturated rings. The number of carboxylic acids is 1. The molecule has 0 amide bonds. The number of nitrogens with zero attached hydrogens (tertiary/aromatic N) is 1. The molecule has 0 aliphatic carbocycles. The SMILES string of the molecule is COc1cc(Br)c(C(Nc2ccc(C#N)cc2)C(=O)O)cc1OC. The summed E-state index contributed by atoms with van der Waals surface area (Å²) in [7, 11) is 2.99. The van der Waals surface area contributed by atoms with E-state index in [1.165, 1.54) is 14.2 Å². The van der Waals surface area contributed by atoms with Gasteiger partial charge in [-0.15, -0.1) is 0 Å². The molecule has 0 aromatic heterocycles. The highest BCUT2D eigenvalue weighted by Gasteiger charge is 2.24. The molecular formula is C17H15BrN2O4. The molecular weight excluding hydrogens is 376 g/mol. The maximum atomic E-state index is 11.7. The van der Waals surface area contributed by atoms with Gasteiger partial charge in [-0.3, -0.25) is 0 Å². The van der Waals surface area contributed by atoms with Crippen molar-refractivity contribution in [1.29, 1.82) is 5.26 Å². The molecule has 1 unspecified atom stereocenters. The summed E-state index contributed by atoms with van der Waals surface area (Å²) in [6.45, 7) is 0. The van der Waals surface area contributed by atoms with Crippen LogP contribution >= 0.6 is 15.9 Å². The van der Waals surface area contributed by atoms with E-state index in [2.05, 4.69) is 21.2 Å². The second kappa shape index (κ2) is 7.70. The molecule has 24 heavy (non-hydrogen) atoms. The van der Waals surface area contributed by atoms with E-state index in [1.807, 2.05) is 6.07 Å². The Morgan fingerprint density at radius 2 is 1.79 bits per heavy atom. The Labute approximate surface area is 147 Å². The van der Waals surface area contributed by atoms with Crippen molar-refractivity contribution in [3.05, 3.63) is 52.0 Å². The van der Waals surface area contributed by atoms with Crippen molar-refractivity contribution >= 4 is 27.6 Å². The number of hydrogen-bond acceptors (Lipinski definition) is 5. The van der Waals surface area contributed by atoms with Gasteiger partial charge < -0.3 is 19.9 Å². The minimum absolute atomic E-state index is 0.434. The molecule has 0 saturated heterocycles. The minimum atomic E-state index is -1.05. The lowest BCUT2D eigenvalue weighted by Gasteiger charge is -2.19. The molecule has 0 radical (unpaired) electrons. The van der Waals surface area contributed by atoms with Gasteiger partial charge in [0.1, 0.15) is 0 Å². The highest BCUT2D eigenvalue weighted by Crippen LogP contribution is 2.37. The predicted molar refractivity (Wildman–Crippen MR) is 92.4 cm³/mol. The summed E-state index contributed by atoms with van der Waals surface area (Å²) in [4.78, 5) is 11.7. The topological polar surface area (TPSA) is 91.6 Å². The zero-order valence-electron chi connectivity index (χ0n) is 13.0. The molecule has 0 aliphatic heterocycles. The van der Waals surface area contributed by atoms with E-state index in [0.717, 1.165) is 0 Å². The van der Waals surface area contributed by atoms with Crippen LogP contribution < -0.4 is 14.8 Å². The van der Waals surface area contributed by atoms with Crippen LogP contribution in [0, 0.1) is 11.3 Å². The largest absolute Gasteiger partial charge is 0.493 e. The number of nitriles is 1. The molecule has 2 N–H and O–H groups in total. The smallest absolute Gasteiger partial charge is 0.330 e. The van der Waals surface area contributed by atoms with Crippen molar-refractivity contribution in [1.82, 2.24) is 0 Å². The molecule has 2 aromatic rings. The Bertz CT molecular complexity index is 784. The van der Waals surface area contributed by atoms with Crippen LogP contribution in [0.5, 0.6) is 11.5 Å². The molecule has 0 heterocycles. The van der Waals surface area contributed by atoms with Crippen LogP contribution in [0.15, 0.2) is 40.9 Å². The van der Waals surface area contributed by atoms with Gasteiger partial charge in [-0.25, -0.2) is 4.79 Å². The number of anilines is 1. The zero-order chi connectivity index (χ0) is 17.7. The van der Waals surface area contributed by atoms with Crippen LogP contribution in [0.1, 0.15) is 17.2 Å². The zero-order valence-corrected chi connectivity index (χ0v) is 14.6. The maximum absolute atomic E-state index is 11.7. The number of carboxylic acid groups (broad SMARTS) is 1. The first kappa shape index (κ1) is 17.6. The lowest BCUT2D eigenvalue weighted by atomic mass is 10.1. The average molecular weight is 391 g/mol. The number of benzene rings is 2. The fraction of sp³-hybridized carbons (Fsp3) is 0.176. The van der Waals surface area contributed by atoms with E-state index in [1.54, 1.807) is 36.4 Å². The van der Waals surface area contributed by atoms with Crippen LogP contribution in [-0.2, 0) is 4.79 Å². The van der Waals surface area contributed by atoms with Crippen molar-refractivity contribution in [2.24, 2.45) is 0 Å². The molecule has 0 bridgehead atoms. The Morgan fingerprint density at radius 3 is 2.29 bits per heavy atom. The van der Waals surface area contributed by atoms with Crippen molar-refractivity contribution in [3.8, 4) is 17.6 Å². The Hall–Kier alpha value is -2.72. The molecule has 2 rings (SSSR count). The van der Waals surface area contributed by atoms with Gasteiger partial charge in [0.15, 0.2) is 17.5 Å². The van der Waals surface area contributed by atoms with Crippen LogP contribution in [0.4, 0.5) is 5.69 Å². The van der Waals surface area contributed by atoms with E-state index in [9.17, 15) is 9.90 Å². The Morgan fingerprint density at radius 1 is 1.21 bits per heavy atom. The molecule has 124 valence electrons. The Kier molecular flexibility index (Phi) is 5.66. The van der Waals surface area contributed by atoms with Crippen LogP contribution in [0.2, 0.25) is 0 Å². The quantitative estimate of drug-likeness (QED) is 0.782. The number of carbonyl (C=O) groups is 1. The third-order valence-electron chi connectivity index (χ3n) is 3.39. The number of rotatable bonds is 6. The molecule has 0 aliphatic rings. The normalized spacial score (nSPS) is 11.2. The second-order valence-corrected chi connectivity index (χ2v) is 5.69. The number of ether oxygens (including phenoxy) is 2. The summed E-state index contributed by atoms with van der Waals surface area (Å²) in [5.41, 5.74) is 1.58. The van der Waals surface area contributed by atoms with E-state index < -0.39 is 12.0 Å². The second-order valence-electron chi connectivity index (χ2n) is 4.83. The summed E-state index contributed by atoms with van der Waals surface area (Å²) in [6, 6.07) is 10.8. The molecule has 2 aromatic carbocycles. The highest BCUT2D eigenvalue weighted by molar-refractivity contribution is 9.10. The number of halogens is 1. The van der Waals surface area contributed by atoms with E-state index in [4.69, 9.17) is 14.7 Å². The highest BCUT2D eigenvalue weighted by atomic mass is 79.9.